The second kappa shape index (κ2) is 10.5. The van der Waals surface area contributed by atoms with Gasteiger partial charge in [0, 0.05) is 15.6 Å². The van der Waals surface area contributed by atoms with Crippen LogP contribution in [0, 0.1) is 0 Å². The van der Waals surface area contributed by atoms with Crippen molar-refractivity contribution in [2.75, 3.05) is 18.2 Å². The van der Waals surface area contributed by atoms with E-state index in [0.29, 0.717) is 32.5 Å². The van der Waals surface area contributed by atoms with E-state index in [9.17, 15) is 14.4 Å². The van der Waals surface area contributed by atoms with E-state index in [1.807, 2.05) is 0 Å². The predicted octanol–water partition coefficient (Wildman–Crippen LogP) is 5.50. The molecule has 184 valence electrons. The van der Waals surface area contributed by atoms with E-state index in [0.717, 1.165) is 36.1 Å². The molecule has 7 nitrogen and oxygen atoms in total. The number of fused-ring (bicyclic) bond motifs is 3. The number of thioether (sulfide) groups is 1. The van der Waals surface area contributed by atoms with Gasteiger partial charge in [0.2, 0.25) is 5.91 Å². The van der Waals surface area contributed by atoms with Gasteiger partial charge < -0.3 is 10.1 Å². The van der Waals surface area contributed by atoms with Gasteiger partial charge >= 0.3 is 5.97 Å². The predicted molar refractivity (Wildman–Crippen MR) is 144 cm³/mol. The van der Waals surface area contributed by atoms with Crippen LogP contribution in [0.5, 0.6) is 0 Å². The largest absolute Gasteiger partial charge is 0.465 e. The summed E-state index contributed by atoms with van der Waals surface area (Å²) in [6.45, 7) is 0. The van der Waals surface area contributed by atoms with Crippen molar-refractivity contribution in [2.24, 2.45) is 0 Å². The molecule has 0 radical (unpaired) electrons. The fourth-order valence-electron chi connectivity index (χ4n) is 4.24. The summed E-state index contributed by atoms with van der Waals surface area (Å²) in [4.78, 5) is 44.9. The van der Waals surface area contributed by atoms with Gasteiger partial charge in [0.05, 0.1) is 29.5 Å². The summed E-state index contributed by atoms with van der Waals surface area (Å²) in [6, 6.07) is 13.5. The van der Waals surface area contributed by atoms with Gasteiger partial charge in [0.25, 0.3) is 5.56 Å². The highest BCUT2D eigenvalue weighted by Crippen LogP contribution is 2.35. The number of methoxy groups -OCH3 is 1. The third-order valence-corrected chi connectivity index (χ3v) is 8.34. The molecule has 4 aromatic rings. The van der Waals surface area contributed by atoms with Crippen molar-refractivity contribution in [1.82, 2.24) is 9.55 Å². The number of ether oxygens (including phenoxy) is 1. The summed E-state index contributed by atoms with van der Waals surface area (Å²) in [6.07, 6.45) is 4.04. The number of carbonyl (C=O) groups excluding carboxylic acids is 2. The average Bonchev–Trinajstić information content (AvgIpc) is 3.27. The first-order valence-electron chi connectivity index (χ1n) is 11.4. The lowest BCUT2D eigenvalue weighted by atomic mass is 9.97. The zero-order chi connectivity index (χ0) is 25.2. The number of halogens is 1. The Balaban J connectivity index is 1.44. The summed E-state index contributed by atoms with van der Waals surface area (Å²) in [5.41, 5.74) is 2.59. The van der Waals surface area contributed by atoms with Gasteiger partial charge in [-0.05, 0) is 79.8 Å². The molecule has 1 aliphatic rings. The van der Waals surface area contributed by atoms with Crippen molar-refractivity contribution in [2.45, 2.75) is 30.8 Å². The molecule has 0 spiro atoms. The summed E-state index contributed by atoms with van der Waals surface area (Å²) >= 11 is 8.86. The Labute approximate surface area is 220 Å². The first-order chi connectivity index (χ1) is 17.4. The van der Waals surface area contributed by atoms with E-state index in [4.69, 9.17) is 21.3 Å². The third-order valence-electron chi connectivity index (χ3n) is 5.97. The highest BCUT2D eigenvalue weighted by atomic mass is 35.5. The highest BCUT2D eigenvalue weighted by molar-refractivity contribution is 7.99. The molecule has 0 aliphatic heterocycles. The van der Waals surface area contributed by atoms with Gasteiger partial charge in [-0.25, -0.2) is 9.78 Å². The van der Waals surface area contributed by atoms with Gasteiger partial charge in [-0.1, -0.05) is 23.4 Å². The normalized spacial score (nSPS) is 12.8. The van der Waals surface area contributed by atoms with Crippen LogP contribution in [0.15, 0.2) is 58.5 Å². The number of aromatic nitrogens is 2. The molecule has 2 aromatic heterocycles. The maximum Gasteiger partial charge on any atom is 0.337 e. The lowest BCUT2D eigenvalue weighted by Crippen LogP contribution is -2.23. The van der Waals surface area contributed by atoms with E-state index >= 15 is 0 Å². The zero-order valence-electron chi connectivity index (χ0n) is 19.4. The number of aryl methyl sites for hydroxylation is 2. The van der Waals surface area contributed by atoms with Crippen LogP contribution in [0.25, 0.3) is 15.9 Å². The molecule has 36 heavy (non-hydrogen) atoms. The van der Waals surface area contributed by atoms with Crippen molar-refractivity contribution in [3.8, 4) is 5.69 Å². The number of benzene rings is 2. The fraction of sp³-hybridized carbons (Fsp3) is 0.231. The molecule has 2 heterocycles. The van der Waals surface area contributed by atoms with Gasteiger partial charge in [-0.15, -0.1) is 11.3 Å². The number of esters is 1. The molecule has 10 heteroatoms. The second-order valence-corrected chi connectivity index (χ2v) is 10.8. The smallest absolute Gasteiger partial charge is 0.337 e. The van der Waals surface area contributed by atoms with Crippen LogP contribution in [0.2, 0.25) is 5.02 Å². The minimum atomic E-state index is -0.444. The molecule has 0 atom stereocenters. The summed E-state index contributed by atoms with van der Waals surface area (Å²) < 4.78 is 6.27. The lowest BCUT2D eigenvalue weighted by molar-refractivity contribution is -0.113. The van der Waals surface area contributed by atoms with Crippen molar-refractivity contribution in [1.29, 1.82) is 0 Å². The van der Waals surface area contributed by atoms with E-state index in [-0.39, 0.29) is 17.2 Å². The molecule has 0 saturated carbocycles. The molecule has 1 N–H and O–H groups in total. The third kappa shape index (κ3) is 4.91. The number of carbonyl (C=O) groups is 2. The molecule has 5 rings (SSSR count). The minimum Gasteiger partial charge on any atom is -0.465 e. The Hall–Kier alpha value is -3.14. The monoisotopic (exact) mass is 539 g/mol. The molecular formula is C26H22ClN3O4S2. The number of amides is 1. The molecular weight excluding hydrogens is 518 g/mol. The number of hydrogen-bond donors (Lipinski definition) is 1. The SMILES string of the molecule is COC(=O)c1ccc(NC(=O)CSc2nc3sc4c(c3c(=O)n2-c2ccc(Cl)cc2)CCCC4)cc1. The summed E-state index contributed by atoms with van der Waals surface area (Å²) in [7, 11) is 1.32. The van der Waals surface area contributed by atoms with Crippen molar-refractivity contribution in [3.63, 3.8) is 0 Å². The fourth-order valence-corrected chi connectivity index (χ4v) is 6.48. The highest BCUT2D eigenvalue weighted by Gasteiger charge is 2.23. The van der Waals surface area contributed by atoms with E-state index in [2.05, 4.69) is 5.32 Å². The van der Waals surface area contributed by atoms with Crippen molar-refractivity contribution >= 4 is 62.5 Å². The standard InChI is InChI=1S/C26H22ClN3O4S2/c1-34-25(33)15-6-10-17(11-7-15)28-21(31)14-35-26-29-23-22(19-4-2-3-5-20(19)36-23)24(32)30(26)18-12-8-16(27)9-13-18/h6-13H,2-5,14H2,1H3,(H,28,31). The number of nitrogens with zero attached hydrogens (tertiary/aromatic N) is 2. The van der Waals surface area contributed by atoms with Gasteiger partial charge in [0.1, 0.15) is 4.83 Å². The van der Waals surface area contributed by atoms with E-state index in [1.54, 1.807) is 64.4 Å². The lowest BCUT2D eigenvalue weighted by Gasteiger charge is -2.14. The van der Waals surface area contributed by atoms with Crippen molar-refractivity contribution in [3.05, 3.63) is 79.9 Å². The van der Waals surface area contributed by atoms with Crippen LogP contribution >= 0.6 is 34.7 Å². The Bertz CT molecular complexity index is 1510. The van der Waals surface area contributed by atoms with Crippen molar-refractivity contribution < 1.29 is 14.3 Å². The number of anilines is 1. The Morgan fingerprint density at radius 3 is 2.56 bits per heavy atom. The molecule has 2 aromatic carbocycles. The van der Waals surface area contributed by atoms with E-state index in [1.165, 1.54) is 23.7 Å². The number of nitrogens with one attached hydrogen (secondary N) is 1. The Kier molecular flexibility index (Phi) is 7.13. The maximum atomic E-state index is 13.8. The number of hydrogen-bond acceptors (Lipinski definition) is 7. The van der Waals surface area contributed by atoms with Crippen LogP contribution in [-0.2, 0) is 22.4 Å². The number of thiophene rings is 1. The zero-order valence-corrected chi connectivity index (χ0v) is 21.8. The second-order valence-electron chi connectivity index (χ2n) is 8.31. The van der Waals surface area contributed by atoms with Gasteiger partial charge in [-0.2, -0.15) is 0 Å². The molecule has 0 unspecified atom stereocenters. The molecule has 1 aliphatic carbocycles. The quantitative estimate of drug-likeness (QED) is 0.198. The van der Waals surface area contributed by atoms with Crippen LogP contribution in [0.3, 0.4) is 0 Å². The minimum absolute atomic E-state index is 0.0510. The average molecular weight is 540 g/mol. The molecule has 0 fully saturated rings. The van der Waals surface area contributed by atoms with Crippen LogP contribution in [0.1, 0.15) is 33.6 Å². The van der Waals surface area contributed by atoms with Crippen LogP contribution in [0.4, 0.5) is 5.69 Å². The summed E-state index contributed by atoms with van der Waals surface area (Å²) in [5.74, 6) is -0.649. The Morgan fingerprint density at radius 1 is 1.11 bits per heavy atom. The first kappa shape index (κ1) is 24.5. The van der Waals surface area contributed by atoms with E-state index < -0.39 is 5.97 Å². The molecule has 1 amide bonds. The number of rotatable bonds is 6. The van der Waals surface area contributed by atoms with Gasteiger partial charge in [-0.3, -0.25) is 14.2 Å². The molecule has 0 bridgehead atoms. The van der Waals surface area contributed by atoms with Crippen LogP contribution < -0.4 is 10.9 Å². The Morgan fingerprint density at radius 2 is 1.83 bits per heavy atom. The maximum absolute atomic E-state index is 13.8. The molecule has 0 saturated heterocycles. The topological polar surface area (TPSA) is 90.3 Å². The first-order valence-corrected chi connectivity index (χ1v) is 13.6. The van der Waals surface area contributed by atoms with Gasteiger partial charge in [0.15, 0.2) is 5.16 Å². The van der Waals surface area contributed by atoms with Crippen LogP contribution in [-0.4, -0.2) is 34.3 Å². The summed E-state index contributed by atoms with van der Waals surface area (Å²) in [5, 5.41) is 4.52.